The maximum Gasteiger partial charge on any atom is 0.0725 e. The average molecular weight is 726 g/mol. The molecule has 57 heavy (non-hydrogen) atoms. The summed E-state index contributed by atoms with van der Waals surface area (Å²) < 4.78 is 0. The van der Waals surface area contributed by atoms with Crippen LogP contribution in [0.15, 0.2) is 218 Å². The molecule has 0 bridgehead atoms. The standard InChI is InChI=1S/C56H39N/c1-38-29-33-42(34-30-38)57(43-35-31-40(32-36-43)39-15-3-2-4-16-39)44-18-13-17-41(37-44)45-24-14-28-54-55(45)50-23-9-12-27-53(50)56(54)51-25-10-7-21-48(51)46-19-5-6-20-47(46)49-22-8-11-26-52(49)56/h2-37H,1H3. The van der Waals surface area contributed by atoms with E-state index in [4.69, 9.17) is 0 Å². The second-order valence-corrected chi connectivity index (χ2v) is 15.3. The van der Waals surface area contributed by atoms with E-state index >= 15 is 0 Å². The monoisotopic (exact) mass is 725 g/mol. The van der Waals surface area contributed by atoms with Gasteiger partial charge in [0.1, 0.15) is 0 Å². The first-order valence-corrected chi connectivity index (χ1v) is 19.8. The van der Waals surface area contributed by atoms with Crippen LogP contribution in [0, 0.1) is 6.92 Å². The molecule has 1 spiro atoms. The van der Waals surface area contributed by atoms with E-state index in [0.29, 0.717) is 0 Å². The first-order valence-electron chi connectivity index (χ1n) is 19.8. The largest absolute Gasteiger partial charge is 0.310 e. The van der Waals surface area contributed by atoms with Crippen LogP contribution in [0.1, 0.15) is 27.8 Å². The van der Waals surface area contributed by atoms with Gasteiger partial charge in [-0.25, -0.2) is 0 Å². The van der Waals surface area contributed by atoms with E-state index < -0.39 is 5.41 Å². The molecule has 0 aromatic heterocycles. The fourth-order valence-corrected chi connectivity index (χ4v) is 9.72. The molecule has 9 aromatic rings. The van der Waals surface area contributed by atoms with Gasteiger partial charge in [-0.2, -0.15) is 0 Å². The summed E-state index contributed by atoms with van der Waals surface area (Å²) in [4.78, 5) is 2.38. The lowest BCUT2D eigenvalue weighted by atomic mass is 9.66. The molecule has 2 aliphatic rings. The van der Waals surface area contributed by atoms with E-state index in [1.54, 1.807) is 0 Å². The van der Waals surface area contributed by atoms with Crippen molar-refractivity contribution < 1.29 is 0 Å². The normalized spacial score (nSPS) is 12.8. The third-order valence-corrected chi connectivity index (χ3v) is 12.2. The molecule has 0 unspecified atom stereocenters. The Morgan fingerprint density at radius 2 is 0.737 bits per heavy atom. The summed E-state index contributed by atoms with van der Waals surface area (Å²) in [7, 11) is 0. The van der Waals surface area contributed by atoms with Crippen molar-refractivity contribution in [2.75, 3.05) is 4.90 Å². The van der Waals surface area contributed by atoms with Gasteiger partial charge in [0.15, 0.2) is 0 Å². The molecule has 9 aromatic carbocycles. The molecule has 11 rings (SSSR count). The first kappa shape index (κ1) is 33.1. The Bertz CT molecular complexity index is 2890. The Balaban J connectivity index is 1.13. The van der Waals surface area contributed by atoms with E-state index in [1.165, 1.54) is 83.5 Å². The Morgan fingerprint density at radius 3 is 1.37 bits per heavy atom. The Morgan fingerprint density at radius 1 is 0.298 bits per heavy atom. The first-order chi connectivity index (χ1) is 28.2. The highest BCUT2D eigenvalue weighted by atomic mass is 15.1. The quantitative estimate of drug-likeness (QED) is 0.171. The maximum atomic E-state index is 2.39. The van der Waals surface area contributed by atoms with Crippen molar-refractivity contribution in [3.8, 4) is 55.6 Å². The van der Waals surface area contributed by atoms with E-state index in [9.17, 15) is 0 Å². The predicted molar refractivity (Wildman–Crippen MR) is 238 cm³/mol. The number of rotatable bonds is 5. The summed E-state index contributed by atoms with van der Waals surface area (Å²) in [6.07, 6.45) is 0. The molecular weight excluding hydrogens is 687 g/mol. The highest BCUT2D eigenvalue weighted by Gasteiger charge is 2.50. The average Bonchev–Trinajstić information content (AvgIpc) is 3.53. The van der Waals surface area contributed by atoms with Gasteiger partial charge >= 0.3 is 0 Å². The zero-order valence-electron chi connectivity index (χ0n) is 31.7. The molecule has 268 valence electrons. The molecule has 0 atom stereocenters. The highest BCUT2D eigenvalue weighted by molar-refractivity contribution is 6.01. The Labute approximate surface area is 334 Å². The molecular formula is C56H39N. The van der Waals surface area contributed by atoms with Crippen LogP contribution in [0.5, 0.6) is 0 Å². The SMILES string of the molecule is Cc1ccc(N(c2ccc(-c3ccccc3)cc2)c2cccc(-c3cccc4c3-c3ccccc3C43c4ccccc4-c4ccccc4-c4ccccc43)c2)cc1. The number of fused-ring (bicyclic) bond motifs is 12. The predicted octanol–water partition coefficient (Wildman–Crippen LogP) is 14.8. The van der Waals surface area contributed by atoms with Crippen LogP contribution >= 0.6 is 0 Å². The Kier molecular flexibility index (Phi) is 7.69. The van der Waals surface area contributed by atoms with Gasteiger partial charge in [-0.05, 0) is 121 Å². The summed E-state index contributed by atoms with van der Waals surface area (Å²) in [6, 6.07) is 80.8. The minimum absolute atomic E-state index is 0.514. The fraction of sp³-hybridized carbons (Fsp3) is 0.0357. The number of hydrogen-bond donors (Lipinski definition) is 0. The van der Waals surface area contributed by atoms with Crippen molar-refractivity contribution >= 4 is 17.1 Å². The molecule has 1 nitrogen and oxygen atoms in total. The van der Waals surface area contributed by atoms with Crippen LogP contribution in [-0.4, -0.2) is 0 Å². The van der Waals surface area contributed by atoms with Gasteiger partial charge in [0.05, 0.1) is 5.41 Å². The third kappa shape index (κ3) is 5.09. The molecule has 0 fully saturated rings. The second-order valence-electron chi connectivity index (χ2n) is 15.3. The molecule has 0 radical (unpaired) electrons. The fourth-order valence-electron chi connectivity index (χ4n) is 9.72. The molecule has 0 saturated carbocycles. The third-order valence-electron chi connectivity index (χ3n) is 12.2. The summed E-state index contributed by atoms with van der Waals surface area (Å²) in [5.74, 6) is 0. The van der Waals surface area contributed by atoms with E-state index in [2.05, 4.69) is 230 Å². The van der Waals surface area contributed by atoms with Crippen LogP contribution in [0.3, 0.4) is 0 Å². The minimum atomic E-state index is -0.514. The summed E-state index contributed by atoms with van der Waals surface area (Å²) in [6.45, 7) is 2.15. The topological polar surface area (TPSA) is 3.24 Å². The number of benzene rings is 9. The number of aryl methyl sites for hydroxylation is 1. The lowest BCUT2D eigenvalue weighted by Crippen LogP contribution is -2.29. The molecule has 0 aliphatic heterocycles. The van der Waals surface area contributed by atoms with Gasteiger partial charge in [0.2, 0.25) is 0 Å². The number of hydrogen-bond acceptors (Lipinski definition) is 1. The van der Waals surface area contributed by atoms with Crippen LogP contribution in [-0.2, 0) is 5.41 Å². The molecule has 0 amide bonds. The van der Waals surface area contributed by atoms with Crippen molar-refractivity contribution in [2.45, 2.75) is 12.3 Å². The van der Waals surface area contributed by atoms with Crippen LogP contribution in [0.25, 0.3) is 55.6 Å². The molecule has 1 heteroatoms. The smallest absolute Gasteiger partial charge is 0.0725 e. The van der Waals surface area contributed by atoms with Gasteiger partial charge in [-0.1, -0.05) is 188 Å². The van der Waals surface area contributed by atoms with Gasteiger partial charge in [0.25, 0.3) is 0 Å². The van der Waals surface area contributed by atoms with Gasteiger partial charge in [-0.15, -0.1) is 0 Å². The van der Waals surface area contributed by atoms with E-state index in [-0.39, 0.29) is 0 Å². The van der Waals surface area contributed by atoms with Crippen molar-refractivity contribution in [3.05, 3.63) is 246 Å². The lowest BCUT2D eigenvalue weighted by molar-refractivity contribution is 0.775. The van der Waals surface area contributed by atoms with Crippen molar-refractivity contribution in [3.63, 3.8) is 0 Å². The van der Waals surface area contributed by atoms with E-state index in [1.807, 2.05) is 0 Å². The summed E-state index contributed by atoms with van der Waals surface area (Å²) in [5, 5.41) is 0. The minimum Gasteiger partial charge on any atom is -0.310 e. The van der Waals surface area contributed by atoms with Gasteiger partial charge in [-0.3, -0.25) is 0 Å². The van der Waals surface area contributed by atoms with E-state index in [0.717, 1.165) is 17.1 Å². The lowest BCUT2D eigenvalue weighted by Gasteiger charge is -2.35. The molecule has 0 N–H and O–H groups in total. The van der Waals surface area contributed by atoms with Gasteiger partial charge < -0.3 is 4.90 Å². The van der Waals surface area contributed by atoms with Crippen molar-refractivity contribution in [1.29, 1.82) is 0 Å². The van der Waals surface area contributed by atoms with Crippen LogP contribution < -0.4 is 4.90 Å². The molecule has 2 aliphatic carbocycles. The zero-order valence-corrected chi connectivity index (χ0v) is 31.7. The highest BCUT2D eigenvalue weighted by Crippen LogP contribution is 2.62. The number of anilines is 3. The number of nitrogens with zero attached hydrogens (tertiary/aromatic N) is 1. The van der Waals surface area contributed by atoms with Crippen LogP contribution in [0.2, 0.25) is 0 Å². The summed E-state index contributed by atoms with van der Waals surface area (Å²) >= 11 is 0. The maximum absolute atomic E-state index is 2.39. The molecule has 0 heterocycles. The van der Waals surface area contributed by atoms with Crippen LogP contribution in [0.4, 0.5) is 17.1 Å². The van der Waals surface area contributed by atoms with Crippen molar-refractivity contribution in [2.24, 2.45) is 0 Å². The second kappa shape index (κ2) is 13.2. The zero-order chi connectivity index (χ0) is 37.9. The molecule has 0 saturated heterocycles. The Hall–Kier alpha value is -7.22. The van der Waals surface area contributed by atoms with Gasteiger partial charge in [0, 0.05) is 17.1 Å². The summed E-state index contributed by atoms with van der Waals surface area (Å²) in [5.41, 5.74) is 21.9. The van der Waals surface area contributed by atoms with Crippen molar-refractivity contribution in [1.82, 2.24) is 0 Å².